The second-order valence-corrected chi connectivity index (χ2v) is 8.54. The predicted octanol–water partition coefficient (Wildman–Crippen LogP) is 5.11. The van der Waals surface area contributed by atoms with E-state index in [9.17, 15) is 14.9 Å². The molecule has 0 spiro atoms. The fraction of sp³-hybridized carbons (Fsp3) is 0.231. The summed E-state index contributed by atoms with van der Waals surface area (Å²) in [4.78, 5) is 30.8. The van der Waals surface area contributed by atoms with Crippen molar-refractivity contribution in [1.29, 1.82) is 0 Å². The van der Waals surface area contributed by atoms with Gasteiger partial charge in [0.25, 0.3) is 11.6 Å². The minimum atomic E-state index is -0.503. The first-order valence-corrected chi connectivity index (χ1v) is 11.3. The minimum Gasteiger partial charge on any atom is -0.436 e. The van der Waals surface area contributed by atoms with Gasteiger partial charge in [-0.05, 0) is 55.3 Å². The summed E-state index contributed by atoms with van der Waals surface area (Å²) >= 11 is 0. The number of carbonyl (C=O) groups is 1. The molecule has 1 aliphatic heterocycles. The highest BCUT2D eigenvalue weighted by atomic mass is 16.6. The summed E-state index contributed by atoms with van der Waals surface area (Å²) < 4.78 is 11.4. The average molecular weight is 473 g/mol. The molecule has 0 saturated carbocycles. The molecule has 0 radical (unpaired) electrons. The third-order valence-electron chi connectivity index (χ3n) is 5.97. The Bertz CT molecular complexity index is 1440. The summed E-state index contributed by atoms with van der Waals surface area (Å²) in [5.74, 6) is 0.0190. The SMILES string of the molecule is Cc1cc(C)c2oc(-c3cccc(NC(=O)c4cc([N+](=O)[O-])ccc4N4CCOCC4)c3)nc2c1. The monoisotopic (exact) mass is 472 g/mol. The van der Waals surface area contributed by atoms with Crippen molar-refractivity contribution in [2.24, 2.45) is 0 Å². The number of oxazole rings is 1. The number of amides is 1. The zero-order valence-corrected chi connectivity index (χ0v) is 19.4. The van der Waals surface area contributed by atoms with E-state index >= 15 is 0 Å². The van der Waals surface area contributed by atoms with E-state index in [1.54, 1.807) is 24.3 Å². The molecule has 9 nitrogen and oxygen atoms in total. The summed E-state index contributed by atoms with van der Waals surface area (Å²) in [6, 6.07) is 15.5. The van der Waals surface area contributed by atoms with Gasteiger partial charge in [-0.25, -0.2) is 4.98 Å². The number of fused-ring (bicyclic) bond motifs is 1. The van der Waals surface area contributed by atoms with Crippen LogP contribution in [0.1, 0.15) is 21.5 Å². The molecule has 0 aliphatic carbocycles. The Labute approximate surface area is 201 Å². The number of aromatic nitrogens is 1. The van der Waals surface area contributed by atoms with Crippen LogP contribution in [0.5, 0.6) is 0 Å². The highest BCUT2D eigenvalue weighted by Crippen LogP contribution is 2.30. The Hall–Kier alpha value is -4.24. The van der Waals surface area contributed by atoms with Gasteiger partial charge >= 0.3 is 0 Å². The molecule has 4 aromatic rings. The lowest BCUT2D eigenvalue weighted by atomic mass is 10.1. The molecule has 5 rings (SSSR count). The average Bonchev–Trinajstić information content (AvgIpc) is 3.29. The van der Waals surface area contributed by atoms with E-state index < -0.39 is 10.8 Å². The van der Waals surface area contributed by atoms with E-state index in [0.717, 1.165) is 22.2 Å². The molecule has 1 saturated heterocycles. The fourth-order valence-electron chi connectivity index (χ4n) is 4.33. The number of ether oxygens (including phenoxy) is 1. The lowest BCUT2D eigenvalue weighted by molar-refractivity contribution is -0.384. The number of aryl methyl sites for hydroxylation is 2. The number of hydrogen-bond donors (Lipinski definition) is 1. The largest absolute Gasteiger partial charge is 0.436 e. The highest BCUT2D eigenvalue weighted by molar-refractivity contribution is 6.08. The molecule has 1 N–H and O–H groups in total. The maximum atomic E-state index is 13.3. The van der Waals surface area contributed by atoms with E-state index in [4.69, 9.17) is 9.15 Å². The molecule has 35 heavy (non-hydrogen) atoms. The highest BCUT2D eigenvalue weighted by Gasteiger charge is 2.22. The van der Waals surface area contributed by atoms with Crippen molar-refractivity contribution in [3.05, 3.63) is 81.4 Å². The van der Waals surface area contributed by atoms with Gasteiger partial charge in [0.05, 0.1) is 29.4 Å². The van der Waals surface area contributed by atoms with Crippen LogP contribution in [0.15, 0.2) is 59.0 Å². The Kier molecular flexibility index (Phi) is 5.92. The third-order valence-corrected chi connectivity index (χ3v) is 5.97. The zero-order chi connectivity index (χ0) is 24.5. The molecule has 1 aromatic heterocycles. The maximum Gasteiger partial charge on any atom is 0.270 e. The van der Waals surface area contributed by atoms with Crippen LogP contribution in [0.2, 0.25) is 0 Å². The Morgan fingerprint density at radius 3 is 2.66 bits per heavy atom. The second-order valence-electron chi connectivity index (χ2n) is 8.54. The Morgan fingerprint density at radius 2 is 1.89 bits per heavy atom. The number of nitro benzene ring substituents is 1. The maximum absolute atomic E-state index is 13.3. The number of nitrogens with zero attached hydrogens (tertiary/aromatic N) is 3. The van der Waals surface area contributed by atoms with Crippen molar-refractivity contribution >= 4 is 34.1 Å². The van der Waals surface area contributed by atoms with Crippen molar-refractivity contribution in [2.45, 2.75) is 13.8 Å². The second kappa shape index (κ2) is 9.19. The van der Waals surface area contributed by atoms with Gasteiger partial charge in [-0.1, -0.05) is 12.1 Å². The summed E-state index contributed by atoms with van der Waals surface area (Å²) in [5.41, 5.74) is 5.58. The number of rotatable bonds is 5. The molecule has 1 aliphatic rings. The van der Waals surface area contributed by atoms with Gasteiger partial charge in [-0.2, -0.15) is 0 Å². The van der Waals surface area contributed by atoms with Gasteiger partial charge in [0, 0.05) is 36.5 Å². The molecular formula is C26H24N4O5. The fourth-order valence-corrected chi connectivity index (χ4v) is 4.33. The number of morpholine rings is 1. The number of benzene rings is 3. The molecule has 2 heterocycles. The summed E-state index contributed by atoms with van der Waals surface area (Å²) in [5, 5.41) is 14.2. The molecule has 9 heteroatoms. The van der Waals surface area contributed by atoms with E-state index in [2.05, 4.69) is 10.3 Å². The van der Waals surface area contributed by atoms with Crippen LogP contribution in [-0.2, 0) is 4.74 Å². The van der Waals surface area contributed by atoms with E-state index in [1.807, 2.05) is 36.9 Å². The van der Waals surface area contributed by atoms with Crippen molar-refractivity contribution in [3.8, 4) is 11.5 Å². The number of non-ortho nitro benzene ring substituents is 1. The van der Waals surface area contributed by atoms with Crippen LogP contribution in [0.25, 0.3) is 22.6 Å². The van der Waals surface area contributed by atoms with Crippen LogP contribution in [-0.4, -0.2) is 42.1 Å². The van der Waals surface area contributed by atoms with Crippen molar-refractivity contribution in [1.82, 2.24) is 4.98 Å². The molecule has 178 valence electrons. The van der Waals surface area contributed by atoms with Gasteiger partial charge in [0.1, 0.15) is 5.52 Å². The molecule has 3 aromatic carbocycles. The molecule has 0 unspecified atom stereocenters. The van der Waals surface area contributed by atoms with Crippen LogP contribution in [0.4, 0.5) is 17.1 Å². The lowest BCUT2D eigenvalue weighted by Crippen LogP contribution is -2.37. The lowest BCUT2D eigenvalue weighted by Gasteiger charge is -2.30. The minimum absolute atomic E-state index is 0.141. The first-order chi connectivity index (χ1) is 16.9. The van der Waals surface area contributed by atoms with Crippen LogP contribution in [0.3, 0.4) is 0 Å². The van der Waals surface area contributed by atoms with E-state index in [0.29, 0.717) is 49.1 Å². The van der Waals surface area contributed by atoms with Gasteiger partial charge in [0.2, 0.25) is 5.89 Å². The molecule has 1 amide bonds. The summed E-state index contributed by atoms with van der Waals surface area (Å²) in [7, 11) is 0. The van der Waals surface area contributed by atoms with E-state index in [1.165, 1.54) is 12.1 Å². The molecule has 1 fully saturated rings. The Morgan fingerprint density at radius 1 is 1.09 bits per heavy atom. The van der Waals surface area contributed by atoms with Gasteiger partial charge in [-0.15, -0.1) is 0 Å². The topological polar surface area (TPSA) is 111 Å². The number of carbonyl (C=O) groups excluding carboxylic acids is 1. The number of hydrogen-bond acceptors (Lipinski definition) is 7. The first kappa shape index (κ1) is 22.5. The van der Waals surface area contributed by atoms with Crippen LogP contribution < -0.4 is 10.2 Å². The predicted molar refractivity (Wildman–Crippen MR) is 133 cm³/mol. The Balaban J connectivity index is 1.46. The number of nitrogens with one attached hydrogen (secondary N) is 1. The van der Waals surface area contributed by atoms with Gasteiger partial charge < -0.3 is 19.4 Å². The van der Waals surface area contributed by atoms with Crippen LogP contribution in [0, 0.1) is 24.0 Å². The van der Waals surface area contributed by atoms with Crippen molar-refractivity contribution in [3.63, 3.8) is 0 Å². The zero-order valence-electron chi connectivity index (χ0n) is 19.4. The van der Waals surface area contributed by atoms with Crippen molar-refractivity contribution in [2.75, 3.05) is 36.5 Å². The quantitative estimate of drug-likeness (QED) is 0.317. The van der Waals surface area contributed by atoms with E-state index in [-0.39, 0.29) is 11.3 Å². The summed E-state index contributed by atoms with van der Waals surface area (Å²) in [6.45, 7) is 6.25. The third kappa shape index (κ3) is 4.58. The molecule has 0 atom stereocenters. The normalized spacial score (nSPS) is 13.7. The standard InChI is InChI=1S/C26H24N4O5/c1-16-12-17(2)24-22(13-16)28-26(35-24)18-4-3-5-19(14-18)27-25(31)21-15-20(30(32)33)6-7-23(21)29-8-10-34-11-9-29/h3-7,12-15H,8-11H2,1-2H3,(H,27,31). The number of nitro groups is 1. The molecule has 0 bridgehead atoms. The molecular weight excluding hydrogens is 448 g/mol. The summed E-state index contributed by atoms with van der Waals surface area (Å²) in [6.07, 6.45) is 0. The van der Waals surface area contributed by atoms with Gasteiger partial charge in [0.15, 0.2) is 5.58 Å². The number of anilines is 2. The smallest absolute Gasteiger partial charge is 0.270 e. The van der Waals surface area contributed by atoms with Crippen LogP contribution >= 0.6 is 0 Å². The first-order valence-electron chi connectivity index (χ1n) is 11.3. The van der Waals surface area contributed by atoms with Crippen molar-refractivity contribution < 1.29 is 18.9 Å². The van der Waals surface area contributed by atoms with Gasteiger partial charge in [-0.3, -0.25) is 14.9 Å².